The van der Waals surface area contributed by atoms with E-state index >= 15 is 0 Å². The Kier molecular flexibility index (Phi) is 7.12. The van der Waals surface area contributed by atoms with Crippen LogP contribution in [0.5, 0.6) is 5.75 Å². The molecule has 0 amide bonds. The first-order valence-corrected chi connectivity index (χ1v) is 11.8. The number of non-ortho nitro benzene ring substituents is 1. The lowest BCUT2D eigenvalue weighted by atomic mass is 9.71. The minimum absolute atomic E-state index is 0. The van der Waals surface area contributed by atoms with Crippen LogP contribution in [0.4, 0.5) is 5.69 Å². The summed E-state index contributed by atoms with van der Waals surface area (Å²) in [5.41, 5.74) is 2.85. The van der Waals surface area contributed by atoms with Gasteiger partial charge in [-0.1, -0.05) is 6.08 Å². The molecule has 1 N–H and O–H groups in total. The summed E-state index contributed by atoms with van der Waals surface area (Å²) >= 11 is 0. The van der Waals surface area contributed by atoms with Crippen molar-refractivity contribution < 1.29 is 19.2 Å². The number of quaternary nitrogens is 1. The standard InChI is InChI=1S/C27H30N3O4.ClH/c1-3-19-17-30(16-18-4-6-21(7-5-18)29(32)33)13-11-20(19)14-26(30)27(31)23-10-12-28-25-9-8-22(34-2)15-24(23)25;/h3-10,12,15,19-20,26-27,31H,1,11,13-14,16-17H2,2H3;1H/q+1;/t19?,20?,26-,27+,30?;/m0./s1. The smallest absolute Gasteiger partial charge is 0.269 e. The number of fused-ring (bicyclic) bond motifs is 4. The van der Waals surface area contributed by atoms with Gasteiger partial charge < -0.3 is 14.3 Å². The lowest BCUT2D eigenvalue weighted by Crippen LogP contribution is -2.67. The van der Waals surface area contributed by atoms with Crippen molar-refractivity contribution in [1.29, 1.82) is 0 Å². The highest BCUT2D eigenvalue weighted by atomic mass is 35.5. The zero-order valence-electron chi connectivity index (χ0n) is 19.7. The number of rotatable bonds is 7. The van der Waals surface area contributed by atoms with E-state index in [1.807, 2.05) is 36.4 Å². The maximum atomic E-state index is 11.8. The van der Waals surface area contributed by atoms with Crippen LogP contribution in [0.15, 0.2) is 67.4 Å². The Morgan fingerprint density at radius 2 is 2.06 bits per heavy atom. The van der Waals surface area contributed by atoms with E-state index in [0.717, 1.165) is 64.7 Å². The molecule has 3 aromatic rings. The Labute approximate surface area is 211 Å². The van der Waals surface area contributed by atoms with Crippen molar-refractivity contribution in [2.24, 2.45) is 11.8 Å². The molecule has 8 heteroatoms. The molecule has 4 heterocycles. The number of nitrogens with zero attached hydrogens (tertiary/aromatic N) is 3. The van der Waals surface area contributed by atoms with Crippen molar-refractivity contribution in [3.63, 3.8) is 0 Å². The normalized spacial score (nSPS) is 26.1. The van der Waals surface area contributed by atoms with Crippen LogP contribution in [-0.4, -0.2) is 45.7 Å². The highest BCUT2D eigenvalue weighted by Gasteiger charge is 2.54. The maximum absolute atomic E-state index is 11.8. The Bertz CT molecular complexity index is 1230. The van der Waals surface area contributed by atoms with Gasteiger partial charge in [0, 0.05) is 48.0 Å². The lowest BCUT2D eigenvalue weighted by Gasteiger charge is -2.58. The molecule has 3 saturated heterocycles. The molecule has 3 aliphatic rings. The van der Waals surface area contributed by atoms with E-state index in [1.54, 1.807) is 25.4 Å². The van der Waals surface area contributed by atoms with Gasteiger partial charge in [-0.25, -0.2) is 0 Å². The number of aliphatic hydroxyl groups excluding tert-OH is 1. The minimum atomic E-state index is -0.663. The predicted molar refractivity (Wildman–Crippen MR) is 137 cm³/mol. The van der Waals surface area contributed by atoms with E-state index in [1.165, 1.54) is 0 Å². The Morgan fingerprint density at radius 1 is 1.29 bits per heavy atom. The molecule has 7 nitrogen and oxygen atoms in total. The second kappa shape index (κ2) is 9.93. The number of benzene rings is 2. The summed E-state index contributed by atoms with van der Waals surface area (Å²) in [6.07, 6.45) is 5.18. The SMILES string of the molecule is C=CC1C[N+]2(Cc3ccc([N+](=O)[O-])cc3)CCC1C[C@H]2[C@H](O)c1ccnc2ccc(OC)cc12.Cl. The Balaban J connectivity index is 0.00000289. The van der Waals surface area contributed by atoms with Crippen molar-refractivity contribution >= 4 is 29.0 Å². The summed E-state index contributed by atoms with van der Waals surface area (Å²) < 4.78 is 6.18. The minimum Gasteiger partial charge on any atom is -0.497 e. The number of hydrogen-bond acceptors (Lipinski definition) is 5. The zero-order chi connectivity index (χ0) is 23.9. The van der Waals surface area contributed by atoms with E-state index in [9.17, 15) is 15.2 Å². The van der Waals surface area contributed by atoms with Gasteiger partial charge >= 0.3 is 0 Å². The van der Waals surface area contributed by atoms with Crippen LogP contribution in [0, 0.1) is 22.0 Å². The molecule has 3 aliphatic heterocycles. The first-order chi connectivity index (χ1) is 16.4. The van der Waals surface area contributed by atoms with Gasteiger partial charge in [0.05, 0.1) is 30.6 Å². The molecule has 0 radical (unpaired) electrons. The third-order valence-electron chi connectivity index (χ3n) is 7.99. The van der Waals surface area contributed by atoms with Gasteiger partial charge in [0.1, 0.15) is 24.4 Å². The second-order valence-electron chi connectivity index (χ2n) is 9.69. The fourth-order valence-corrected chi connectivity index (χ4v) is 6.21. The molecule has 184 valence electrons. The van der Waals surface area contributed by atoms with Crippen molar-refractivity contribution in [2.45, 2.75) is 31.5 Å². The number of halogens is 1. The van der Waals surface area contributed by atoms with Crippen molar-refractivity contribution in [3.05, 3.63) is 88.6 Å². The quantitative estimate of drug-likeness (QED) is 0.210. The molecule has 0 spiro atoms. The molecule has 3 unspecified atom stereocenters. The zero-order valence-corrected chi connectivity index (χ0v) is 20.6. The van der Waals surface area contributed by atoms with Gasteiger partial charge in [-0.15, -0.1) is 19.0 Å². The first-order valence-electron chi connectivity index (χ1n) is 11.8. The van der Waals surface area contributed by atoms with E-state index in [0.29, 0.717) is 11.8 Å². The third-order valence-corrected chi connectivity index (χ3v) is 7.99. The van der Waals surface area contributed by atoms with Crippen molar-refractivity contribution in [2.75, 3.05) is 20.2 Å². The molecule has 3 fully saturated rings. The number of pyridine rings is 1. The molecule has 2 bridgehead atoms. The molecule has 2 aromatic carbocycles. The van der Waals surface area contributed by atoms with Crippen LogP contribution >= 0.6 is 12.4 Å². The fourth-order valence-electron chi connectivity index (χ4n) is 6.21. The monoisotopic (exact) mass is 496 g/mol. The first kappa shape index (κ1) is 25.1. The number of aliphatic hydroxyl groups is 1. The maximum Gasteiger partial charge on any atom is 0.269 e. The lowest BCUT2D eigenvalue weighted by molar-refractivity contribution is -0.984. The number of hydrogen-bond donors (Lipinski definition) is 1. The summed E-state index contributed by atoms with van der Waals surface area (Å²) in [5, 5.41) is 23.9. The van der Waals surface area contributed by atoms with Crippen LogP contribution in [0.3, 0.4) is 0 Å². The van der Waals surface area contributed by atoms with Crippen molar-refractivity contribution in [1.82, 2.24) is 4.98 Å². The van der Waals surface area contributed by atoms with Gasteiger partial charge in [-0.05, 0) is 47.9 Å². The van der Waals surface area contributed by atoms with E-state index in [-0.39, 0.29) is 29.1 Å². The van der Waals surface area contributed by atoms with E-state index in [2.05, 4.69) is 17.6 Å². The largest absolute Gasteiger partial charge is 0.497 e. The Morgan fingerprint density at radius 3 is 2.74 bits per heavy atom. The van der Waals surface area contributed by atoms with Crippen LogP contribution < -0.4 is 4.74 Å². The number of methoxy groups -OCH3 is 1. The summed E-state index contributed by atoms with van der Waals surface area (Å²) in [5.74, 6) is 1.65. The third kappa shape index (κ3) is 4.51. The highest BCUT2D eigenvalue weighted by molar-refractivity contribution is 5.85. The molecule has 0 saturated carbocycles. The van der Waals surface area contributed by atoms with Crippen LogP contribution in [0.2, 0.25) is 0 Å². The van der Waals surface area contributed by atoms with Gasteiger partial charge in [0.25, 0.3) is 5.69 Å². The summed E-state index contributed by atoms with van der Waals surface area (Å²) in [6.45, 7) is 6.70. The van der Waals surface area contributed by atoms with Crippen molar-refractivity contribution in [3.8, 4) is 5.75 Å². The summed E-state index contributed by atoms with van der Waals surface area (Å²) in [7, 11) is 1.64. The van der Waals surface area contributed by atoms with Gasteiger partial charge in [-0.3, -0.25) is 15.1 Å². The molecule has 0 aliphatic carbocycles. The van der Waals surface area contributed by atoms with E-state index < -0.39 is 6.10 Å². The summed E-state index contributed by atoms with van der Waals surface area (Å²) in [4.78, 5) is 15.2. The topological polar surface area (TPSA) is 85.5 Å². The molecular formula is C27H31ClN3O4+. The number of aromatic nitrogens is 1. The number of ether oxygens (including phenoxy) is 1. The Hall–Kier alpha value is -3.00. The van der Waals surface area contributed by atoms with Gasteiger partial charge in [-0.2, -0.15) is 0 Å². The average molecular weight is 497 g/mol. The average Bonchev–Trinajstić information content (AvgIpc) is 2.87. The molecular weight excluding hydrogens is 466 g/mol. The fraction of sp³-hybridized carbons (Fsp3) is 0.370. The van der Waals surface area contributed by atoms with Crippen LogP contribution in [0.1, 0.15) is 30.1 Å². The van der Waals surface area contributed by atoms with Gasteiger partial charge in [0.2, 0.25) is 0 Å². The molecule has 1 aromatic heterocycles. The highest BCUT2D eigenvalue weighted by Crippen LogP contribution is 2.48. The van der Waals surface area contributed by atoms with E-state index in [4.69, 9.17) is 4.74 Å². The number of nitro groups is 1. The molecule has 6 rings (SSSR count). The van der Waals surface area contributed by atoms with Crippen LogP contribution in [0.25, 0.3) is 10.9 Å². The molecule has 35 heavy (non-hydrogen) atoms. The number of piperidine rings is 3. The van der Waals surface area contributed by atoms with Gasteiger partial charge in [0.15, 0.2) is 0 Å². The summed E-state index contributed by atoms with van der Waals surface area (Å²) in [6, 6.07) is 14.5. The second-order valence-corrected chi connectivity index (χ2v) is 9.69. The number of nitro benzene ring substituents is 1. The molecule has 5 atom stereocenters. The van der Waals surface area contributed by atoms with Crippen LogP contribution in [-0.2, 0) is 6.54 Å². The predicted octanol–water partition coefficient (Wildman–Crippen LogP) is 5.22.